The van der Waals surface area contributed by atoms with Crippen molar-refractivity contribution in [1.82, 2.24) is 4.72 Å². The van der Waals surface area contributed by atoms with Gasteiger partial charge in [0.15, 0.2) is 0 Å². The SMILES string of the molecule is C[NH+](C)[C@H]1c2cccc3cccc(c23)[C@@H]1NS(=O)(=O)c1ccccc1. The van der Waals surface area contributed by atoms with Crippen LogP contribution in [0.1, 0.15) is 23.2 Å². The Labute approximate surface area is 148 Å². The molecule has 0 saturated heterocycles. The monoisotopic (exact) mass is 353 g/mol. The molecular formula is C20H21N2O2S+. The van der Waals surface area contributed by atoms with E-state index in [2.05, 4.69) is 37.0 Å². The Hall–Kier alpha value is -2.21. The first-order valence-electron chi connectivity index (χ1n) is 8.38. The summed E-state index contributed by atoms with van der Waals surface area (Å²) in [5, 5.41) is 2.33. The lowest BCUT2D eigenvalue weighted by Gasteiger charge is -2.25. The molecule has 3 aromatic rings. The predicted octanol–water partition coefficient (Wildman–Crippen LogP) is 2.06. The van der Waals surface area contributed by atoms with Gasteiger partial charge in [-0.3, -0.25) is 0 Å². The maximum Gasteiger partial charge on any atom is 0.241 e. The molecule has 0 heterocycles. The normalized spacial score (nSPS) is 19.6. The third kappa shape index (κ3) is 2.65. The molecule has 128 valence electrons. The molecule has 4 rings (SSSR count). The quantitative estimate of drug-likeness (QED) is 0.754. The molecule has 0 saturated carbocycles. The summed E-state index contributed by atoms with van der Waals surface area (Å²) < 4.78 is 28.8. The first-order chi connectivity index (χ1) is 12.0. The molecule has 2 N–H and O–H groups in total. The van der Waals surface area contributed by atoms with Crippen LogP contribution < -0.4 is 9.62 Å². The third-order valence-electron chi connectivity index (χ3n) is 4.93. The van der Waals surface area contributed by atoms with Gasteiger partial charge in [0.1, 0.15) is 12.1 Å². The van der Waals surface area contributed by atoms with Crippen LogP contribution in [-0.4, -0.2) is 22.5 Å². The number of quaternary nitrogens is 1. The second kappa shape index (κ2) is 5.95. The van der Waals surface area contributed by atoms with Crippen LogP contribution in [0.5, 0.6) is 0 Å². The molecule has 0 amide bonds. The molecule has 0 spiro atoms. The molecule has 1 aliphatic rings. The summed E-state index contributed by atoms with van der Waals surface area (Å²) in [7, 11) is 0.549. The van der Waals surface area contributed by atoms with Gasteiger partial charge in [0.05, 0.1) is 19.0 Å². The lowest BCUT2D eigenvalue weighted by Crippen LogP contribution is -3.06. The third-order valence-corrected chi connectivity index (χ3v) is 6.39. The predicted molar refractivity (Wildman–Crippen MR) is 99.0 cm³/mol. The van der Waals surface area contributed by atoms with Crippen molar-refractivity contribution in [3.8, 4) is 0 Å². The first-order valence-corrected chi connectivity index (χ1v) is 9.86. The van der Waals surface area contributed by atoms with Gasteiger partial charge < -0.3 is 4.90 Å². The Morgan fingerprint density at radius 1 is 0.840 bits per heavy atom. The summed E-state index contributed by atoms with van der Waals surface area (Å²) >= 11 is 0. The van der Waals surface area contributed by atoms with Gasteiger partial charge in [-0.25, -0.2) is 8.42 Å². The van der Waals surface area contributed by atoms with Gasteiger partial charge in [0.25, 0.3) is 0 Å². The smallest absolute Gasteiger partial charge is 0.241 e. The topological polar surface area (TPSA) is 50.6 Å². The van der Waals surface area contributed by atoms with Gasteiger partial charge in [0, 0.05) is 5.56 Å². The summed E-state index contributed by atoms with van der Waals surface area (Å²) in [6.45, 7) is 0. The summed E-state index contributed by atoms with van der Waals surface area (Å²) in [6.07, 6.45) is 0. The van der Waals surface area contributed by atoms with E-state index in [1.807, 2.05) is 24.3 Å². The summed E-state index contributed by atoms with van der Waals surface area (Å²) in [5.41, 5.74) is 2.26. The Morgan fingerprint density at radius 2 is 1.48 bits per heavy atom. The second-order valence-corrected chi connectivity index (χ2v) is 8.47. The molecule has 25 heavy (non-hydrogen) atoms. The fourth-order valence-electron chi connectivity index (χ4n) is 3.89. The van der Waals surface area contributed by atoms with Gasteiger partial charge >= 0.3 is 0 Å². The Morgan fingerprint density at radius 3 is 2.12 bits per heavy atom. The number of benzene rings is 3. The molecule has 1 aliphatic carbocycles. The zero-order chi connectivity index (χ0) is 17.6. The highest BCUT2D eigenvalue weighted by Crippen LogP contribution is 2.42. The maximum atomic E-state index is 12.9. The number of rotatable bonds is 4. The van der Waals surface area contributed by atoms with Crippen molar-refractivity contribution in [1.29, 1.82) is 0 Å². The van der Waals surface area contributed by atoms with Crippen LogP contribution in [0.15, 0.2) is 71.6 Å². The van der Waals surface area contributed by atoms with Gasteiger partial charge in [-0.15, -0.1) is 0 Å². The van der Waals surface area contributed by atoms with E-state index in [4.69, 9.17) is 0 Å². The highest BCUT2D eigenvalue weighted by atomic mass is 32.2. The van der Waals surface area contributed by atoms with Gasteiger partial charge in [-0.1, -0.05) is 54.6 Å². The molecule has 0 aliphatic heterocycles. The van der Waals surface area contributed by atoms with E-state index in [1.54, 1.807) is 24.3 Å². The zero-order valence-electron chi connectivity index (χ0n) is 14.2. The van der Waals surface area contributed by atoms with Crippen LogP contribution in [0.4, 0.5) is 0 Å². The van der Waals surface area contributed by atoms with Crippen molar-refractivity contribution in [3.05, 3.63) is 77.9 Å². The lowest BCUT2D eigenvalue weighted by molar-refractivity contribution is -0.894. The number of hydrogen-bond donors (Lipinski definition) is 2. The second-order valence-electron chi connectivity index (χ2n) is 6.76. The average molecular weight is 353 g/mol. The molecule has 0 fully saturated rings. The molecule has 0 bridgehead atoms. The molecule has 0 aromatic heterocycles. The van der Waals surface area contributed by atoms with Crippen molar-refractivity contribution >= 4 is 20.8 Å². The lowest BCUT2D eigenvalue weighted by atomic mass is 10.0. The summed E-state index contributed by atoms with van der Waals surface area (Å²) in [4.78, 5) is 1.50. The highest BCUT2D eigenvalue weighted by Gasteiger charge is 2.41. The average Bonchev–Trinajstić information content (AvgIpc) is 2.91. The first kappa shape index (κ1) is 16.3. The van der Waals surface area contributed by atoms with Crippen molar-refractivity contribution in [2.45, 2.75) is 17.0 Å². The zero-order valence-corrected chi connectivity index (χ0v) is 15.0. The molecular weight excluding hydrogens is 332 g/mol. The Kier molecular flexibility index (Phi) is 3.87. The van der Waals surface area contributed by atoms with E-state index in [-0.39, 0.29) is 12.1 Å². The minimum atomic E-state index is -3.59. The molecule has 4 nitrogen and oxygen atoms in total. The largest absolute Gasteiger partial charge is 0.332 e. The van der Waals surface area contributed by atoms with E-state index in [1.165, 1.54) is 15.8 Å². The van der Waals surface area contributed by atoms with E-state index >= 15 is 0 Å². The minimum Gasteiger partial charge on any atom is -0.332 e. The number of likely N-dealkylation sites (N-methyl/N-ethyl adjacent to an activating group) is 1. The molecule has 5 heteroatoms. The van der Waals surface area contributed by atoms with Crippen molar-refractivity contribution in [2.24, 2.45) is 0 Å². The fraction of sp³-hybridized carbons (Fsp3) is 0.200. The Bertz CT molecular complexity index is 1020. The summed E-state index contributed by atoms with van der Waals surface area (Å²) in [6, 6.07) is 20.7. The van der Waals surface area contributed by atoms with Crippen molar-refractivity contribution in [3.63, 3.8) is 0 Å². The van der Waals surface area contributed by atoms with E-state index in [0.29, 0.717) is 4.90 Å². The number of sulfonamides is 1. The van der Waals surface area contributed by atoms with Crippen LogP contribution in [0.2, 0.25) is 0 Å². The summed E-state index contributed by atoms with van der Waals surface area (Å²) in [5.74, 6) is 0. The van der Waals surface area contributed by atoms with Gasteiger partial charge in [-0.2, -0.15) is 4.72 Å². The standard InChI is InChI=1S/C20H20N2O2S/c1-22(2)20-17-13-7-9-14-8-6-12-16(18(14)17)19(20)21-25(23,24)15-10-4-3-5-11-15/h3-13,19-21H,1-2H3/p+1/t19-,20-/m0/s1. The Balaban J connectivity index is 1.84. The van der Waals surface area contributed by atoms with Crippen molar-refractivity contribution < 1.29 is 13.3 Å². The van der Waals surface area contributed by atoms with Crippen molar-refractivity contribution in [2.75, 3.05) is 14.1 Å². The van der Waals surface area contributed by atoms with Gasteiger partial charge in [-0.05, 0) is 28.5 Å². The number of nitrogens with one attached hydrogen (secondary N) is 2. The van der Waals surface area contributed by atoms with Crippen LogP contribution in [0, 0.1) is 0 Å². The molecule has 3 aromatic carbocycles. The van der Waals surface area contributed by atoms with Gasteiger partial charge in [0.2, 0.25) is 10.0 Å². The van der Waals surface area contributed by atoms with E-state index in [0.717, 1.165) is 10.9 Å². The van der Waals surface area contributed by atoms with Crippen LogP contribution in [0.25, 0.3) is 10.8 Å². The van der Waals surface area contributed by atoms with Crippen LogP contribution in [-0.2, 0) is 10.0 Å². The highest BCUT2D eigenvalue weighted by molar-refractivity contribution is 7.89. The fourth-order valence-corrected chi connectivity index (χ4v) is 5.14. The molecule has 0 radical (unpaired) electrons. The van der Waals surface area contributed by atoms with Crippen LogP contribution >= 0.6 is 0 Å². The molecule has 2 atom stereocenters. The minimum absolute atomic E-state index is 0.0413. The van der Waals surface area contributed by atoms with Crippen LogP contribution in [0.3, 0.4) is 0 Å². The maximum absolute atomic E-state index is 12.9. The van der Waals surface area contributed by atoms with E-state index in [9.17, 15) is 8.42 Å². The number of hydrogen-bond acceptors (Lipinski definition) is 2. The molecule has 0 unspecified atom stereocenters. The van der Waals surface area contributed by atoms with E-state index < -0.39 is 10.0 Å².